The Balaban J connectivity index is 1.42. The van der Waals surface area contributed by atoms with Gasteiger partial charge in [0.05, 0.1) is 6.04 Å². The van der Waals surface area contributed by atoms with Crippen molar-refractivity contribution >= 4 is 23.2 Å². The summed E-state index contributed by atoms with van der Waals surface area (Å²) in [6.45, 7) is 10.6. The van der Waals surface area contributed by atoms with Gasteiger partial charge in [0.1, 0.15) is 0 Å². The number of hydrogen-bond acceptors (Lipinski definition) is 4. The third-order valence-electron chi connectivity index (χ3n) is 6.82. The quantitative estimate of drug-likeness (QED) is 0.684. The summed E-state index contributed by atoms with van der Waals surface area (Å²) in [5.41, 5.74) is 4.05. The predicted molar refractivity (Wildman–Crippen MR) is 130 cm³/mol. The van der Waals surface area contributed by atoms with Crippen LogP contribution in [-0.4, -0.2) is 65.8 Å². The first-order valence-electron chi connectivity index (χ1n) is 11.9. The van der Waals surface area contributed by atoms with Crippen LogP contribution in [0.2, 0.25) is 0 Å². The molecule has 32 heavy (non-hydrogen) atoms. The van der Waals surface area contributed by atoms with E-state index in [2.05, 4.69) is 47.5 Å². The van der Waals surface area contributed by atoms with Crippen molar-refractivity contribution in [1.82, 2.24) is 14.7 Å². The summed E-state index contributed by atoms with van der Waals surface area (Å²) >= 11 is 1.85. The second-order valence-corrected chi connectivity index (χ2v) is 10.3. The van der Waals surface area contributed by atoms with Crippen molar-refractivity contribution in [3.8, 4) is 0 Å². The first-order chi connectivity index (χ1) is 15.5. The van der Waals surface area contributed by atoms with Crippen molar-refractivity contribution in [1.29, 1.82) is 0 Å². The Labute approximate surface area is 196 Å². The average Bonchev–Trinajstić information content (AvgIpc) is 3.13. The molecule has 0 bridgehead atoms. The SMILES string of the molecule is Cc1ccccc1C1c2ccsc2CCN1CCC(=O)N1CCCN(C(=O)C(C)C)CC1. The second kappa shape index (κ2) is 10.2. The van der Waals surface area contributed by atoms with Gasteiger partial charge >= 0.3 is 0 Å². The first kappa shape index (κ1) is 23.0. The van der Waals surface area contributed by atoms with Crippen molar-refractivity contribution in [2.45, 2.75) is 46.1 Å². The molecule has 0 radical (unpaired) electrons. The number of benzene rings is 1. The second-order valence-electron chi connectivity index (χ2n) is 9.31. The summed E-state index contributed by atoms with van der Waals surface area (Å²) in [6.07, 6.45) is 2.44. The lowest BCUT2D eigenvalue weighted by atomic mass is 9.90. The lowest BCUT2D eigenvalue weighted by Gasteiger charge is -2.37. The fourth-order valence-corrected chi connectivity index (χ4v) is 5.92. The normalized spacial score (nSPS) is 19.7. The molecule has 2 aromatic rings. The molecule has 1 unspecified atom stereocenters. The smallest absolute Gasteiger partial charge is 0.225 e. The standard InChI is InChI=1S/C26H35N3O2S/c1-19(2)26(31)29-13-6-12-27(16-17-29)24(30)10-15-28-14-9-23-22(11-18-32-23)25(28)21-8-5-4-7-20(21)3/h4-5,7-8,11,18-19,25H,6,9-10,12-17H2,1-3H3. The van der Waals surface area contributed by atoms with Gasteiger partial charge in [0, 0.05) is 56.5 Å². The van der Waals surface area contributed by atoms with E-state index in [0.29, 0.717) is 19.5 Å². The summed E-state index contributed by atoms with van der Waals surface area (Å²) in [7, 11) is 0. The number of aryl methyl sites for hydroxylation is 1. The maximum atomic E-state index is 13.1. The number of hydrogen-bond donors (Lipinski definition) is 0. The van der Waals surface area contributed by atoms with Gasteiger partial charge in [-0.2, -0.15) is 0 Å². The van der Waals surface area contributed by atoms with Crippen LogP contribution in [-0.2, 0) is 16.0 Å². The van der Waals surface area contributed by atoms with Gasteiger partial charge in [-0.15, -0.1) is 11.3 Å². The van der Waals surface area contributed by atoms with Crippen LogP contribution < -0.4 is 0 Å². The Kier molecular flexibility index (Phi) is 7.31. The van der Waals surface area contributed by atoms with Crippen molar-refractivity contribution in [2.75, 3.05) is 39.3 Å². The van der Waals surface area contributed by atoms with E-state index in [9.17, 15) is 9.59 Å². The molecule has 1 atom stereocenters. The largest absolute Gasteiger partial charge is 0.341 e. The maximum Gasteiger partial charge on any atom is 0.225 e. The monoisotopic (exact) mass is 453 g/mol. The van der Waals surface area contributed by atoms with Gasteiger partial charge in [0.2, 0.25) is 11.8 Å². The molecule has 2 aliphatic rings. The molecular weight excluding hydrogens is 418 g/mol. The van der Waals surface area contributed by atoms with E-state index in [1.54, 1.807) is 0 Å². The number of nitrogens with zero attached hydrogens (tertiary/aromatic N) is 3. The summed E-state index contributed by atoms with van der Waals surface area (Å²) < 4.78 is 0. The highest BCUT2D eigenvalue weighted by molar-refractivity contribution is 7.10. The van der Waals surface area contributed by atoms with Crippen molar-refractivity contribution < 1.29 is 9.59 Å². The van der Waals surface area contributed by atoms with Crippen LogP contribution in [0.4, 0.5) is 0 Å². The minimum Gasteiger partial charge on any atom is -0.341 e. The van der Waals surface area contributed by atoms with Crippen LogP contribution in [0.3, 0.4) is 0 Å². The zero-order valence-corrected chi connectivity index (χ0v) is 20.4. The molecular formula is C26H35N3O2S. The molecule has 1 fully saturated rings. The number of carbonyl (C=O) groups excluding carboxylic acids is 2. The fraction of sp³-hybridized carbons (Fsp3) is 0.538. The van der Waals surface area contributed by atoms with E-state index in [1.165, 1.54) is 21.6 Å². The molecule has 0 saturated carbocycles. The highest BCUT2D eigenvalue weighted by Crippen LogP contribution is 2.38. The average molecular weight is 454 g/mol. The van der Waals surface area contributed by atoms with Gasteiger partial charge in [-0.05, 0) is 47.9 Å². The Bertz CT molecular complexity index is 954. The Morgan fingerprint density at radius 1 is 1.00 bits per heavy atom. The highest BCUT2D eigenvalue weighted by Gasteiger charge is 2.31. The molecule has 6 heteroatoms. The molecule has 5 nitrogen and oxygen atoms in total. The Morgan fingerprint density at radius 3 is 2.53 bits per heavy atom. The van der Waals surface area contributed by atoms with Gasteiger partial charge in [0.15, 0.2) is 0 Å². The Hall–Kier alpha value is -2.18. The first-order valence-corrected chi connectivity index (χ1v) is 12.8. The molecule has 172 valence electrons. The van der Waals surface area contributed by atoms with E-state index in [0.717, 1.165) is 39.0 Å². The van der Waals surface area contributed by atoms with Gasteiger partial charge in [-0.1, -0.05) is 38.1 Å². The summed E-state index contributed by atoms with van der Waals surface area (Å²) in [5.74, 6) is 0.417. The molecule has 1 aromatic carbocycles. The molecule has 1 aromatic heterocycles. The zero-order chi connectivity index (χ0) is 22.7. The Morgan fingerprint density at radius 2 is 1.75 bits per heavy atom. The van der Waals surface area contributed by atoms with Gasteiger partial charge in [-0.3, -0.25) is 14.5 Å². The minimum atomic E-state index is 0.0109. The molecule has 2 amide bonds. The van der Waals surface area contributed by atoms with Gasteiger partial charge < -0.3 is 9.80 Å². The van der Waals surface area contributed by atoms with E-state index >= 15 is 0 Å². The molecule has 0 spiro atoms. The van der Waals surface area contributed by atoms with Crippen LogP contribution in [0.5, 0.6) is 0 Å². The van der Waals surface area contributed by atoms with Crippen LogP contribution in [0.25, 0.3) is 0 Å². The molecule has 4 rings (SSSR count). The van der Waals surface area contributed by atoms with Crippen molar-refractivity contribution in [3.63, 3.8) is 0 Å². The summed E-state index contributed by atoms with van der Waals surface area (Å²) in [5, 5.41) is 2.20. The number of amides is 2. The molecule has 3 heterocycles. The number of rotatable bonds is 5. The maximum absolute atomic E-state index is 13.1. The minimum absolute atomic E-state index is 0.0109. The molecule has 2 aliphatic heterocycles. The topological polar surface area (TPSA) is 43.9 Å². The molecule has 0 aliphatic carbocycles. The van der Waals surface area contributed by atoms with Crippen molar-refractivity contribution in [2.24, 2.45) is 5.92 Å². The third-order valence-corrected chi connectivity index (χ3v) is 7.81. The summed E-state index contributed by atoms with van der Waals surface area (Å²) in [4.78, 5) is 33.3. The summed E-state index contributed by atoms with van der Waals surface area (Å²) in [6, 6.07) is 11.1. The lowest BCUT2D eigenvalue weighted by Crippen LogP contribution is -2.41. The van der Waals surface area contributed by atoms with Crippen LogP contribution in [0, 0.1) is 12.8 Å². The molecule has 1 saturated heterocycles. The third kappa shape index (κ3) is 4.91. The highest BCUT2D eigenvalue weighted by atomic mass is 32.1. The fourth-order valence-electron chi connectivity index (χ4n) is 5.02. The van der Waals surface area contributed by atoms with E-state index in [4.69, 9.17) is 0 Å². The van der Waals surface area contributed by atoms with E-state index in [1.807, 2.05) is 35.0 Å². The van der Waals surface area contributed by atoms with Crippen LogP contribution >= 0.6 is 11.3 Å². The van der Waals surface area contributed by atoms with Gasteiger partial charge in [-0.25, -0.2) is 0 Å². The number of carbonyl (C=O) groups is 2. The number of thiophene rings is 1. The number of fused-ring (bicyclic) bond motifs is 1. The predicted octanol–water partition coefficient (Wildman–Crippen LogP) is 4.11. The van der Waals surface area contributed by atoms with Crippen molar-refractivity contribution in [3.05, 3.63) is 57.3 Å². The molecule has 0 N–H and O–H groups in total. The zero-order valence-electron chi connectivity index (χ0n) is 19.5. The van der Waals surface area contributed by atoms with Crippen LogP contribution in [0.15, 0.2) is 35.7 Å². The van der Waals surface area contributed by atoms with E-state index in [-0.39, 0.29) is 23.8 Å². The van der Waals surface area contributed by atoms with E-state index < -0.39 is 0 Å². The van der Waals surface area contributed by atoms with Gasteiger partial charge in [0.25, 0.3) is 0 Å². The lowest BCUT2D eigenvalue weighted by molar-refractivity contribution is -0.135. The van der Waals surface area contributed by atoms with Crippen LogP contribution in [0.1, 0.15) is 54.3 Å².